The summed E-state index contributed by atoms with van der Waals surface area (Å²) in [5.74, 6) is 0.879. The van der Waals surface area contributed by atoms with E-state index in [1.165, 1.54) is 5.56 Å². The Morgan fingerprint density at radius 1 is 1.29 bits per heavy atom. The van der Waals surface area contributed by atoms with Crippen molar-refractivity contribution in [3.8, 4) is 0 Å². The Balaban J connectivity index is 2.37. The molecule has 0 unspecified atom stereocenters. The zero-order valence-corrected chi connectivity index (χ0v) is 10.8. The van der Waals surface area contributed by atoms with E-state index < -0.39 is 0 Å². The number of anilines is 2. The maximum Gasteiger partial charge on any atom is 0.207 e. The third-order valence-corrected chi connectivity index (χ3v) is 2.82. The van der Waals surface area contributed by atoms with Crippen LogP contribution in [0.2, 0.25) is 0 Å². The van der Waals surface area contributed by atoms with Crippen molar-refractivity contribution >= 4 is 11.6 Å². The van der Waals surface area contributed by atoms with Crippen molar-refractivity contribution < 1.29 is 0 Å². The van der Waals surface area contributed by atoms with Gasteiger partial charge in [-0.15, -0.1) is 0 Å². The summed E-state index contributed by atoms with van der Waals surface area (Å²) in [5, 5.41) is 3.37. The molecular formula is C13H18N4. The maximum absolute atomic E-state index is 4.48. The number of hydrogen-bond donors (Lipinski definition) is 1. The van der Waals surface area contributed by atoms with Crippen LogP contribution in [-0.4, -0.2) is 14.5 Å². The van der Waals surface area contributed by atoms with Crippen LogP contribution in [0.4, 0.5) is 11.6 Å². The first kappa shape index (κ1) is 11.6. The van der Waals surface area contributed by atoms with Crippen molar-refractivity contribution in [3.05, 3.63) is 35.4 Å². The second-order valence-corrected chi connectivity index (χ2v) is 4.21. The number of nitrogens with one attached hydrogen (secondary N) is 1. The average molecular weight is 230 g/mol. The van der Waals surface area contributed by atoms with E-state index in [0.29, 0.717) is 0 Å². The predicted octanol–water partition coefficient (Wildman–Crippen LogP) is 2.97. The molecule has 0 saturated carbocycles. The Bertz CT molecular complexity index is 508. The van der Waals surface area contributed by atoms with Gasteiger partial charge in [-0.2, -0.15) is 0 Å². The normalized spacial score (nSPS) is 10.6. The van der Waals surface area contributed by atoms with Gasteiger partial charge in [-0.25, -0.2) is 4.98 Å². The molecule has 0 atom stereocenters. The summed E-state index contributed by atoms with van der Waals surface area (Å²) < 4.78 is 2.10. The summed E-state index contributed by atoms with van der Waals surface area (Å²) in [6.07, 6.45) is 3.87. The first-order chi connectivity index (χ1) is 8.11. The second-order valence-electron chi connectivity index (χ2n) is 4.21. The van der Waals surface area contributed by atoms with Crippen LogP contribution in [0.5, 0.6) is 0 Å². The molecule has 2 aromatic heterocycles. The molecule has 0 bridgehead atoms. The highest BCUT2D eigenvalue weighted by Gasteiger charge is 2.08. The number of aromatic nitrogens is 3. The lowest BCUT2D eigenvalue weighted by atomic mass is 10.2. The van der Waals surface area contributed by atoms with Crippen LogP contribution >= 0.6 is 0 Å². The summed E-state index contributed by atoms with van der Waals surface area (Å²) in [6.45, 7) is 9.08. The number of imidazole rings is 1. The van der Waals surface area contributed by atoms with Gasteiger partial charge in [0.1, 0.15) is 0 Å². The van der Waals surface area contributed by atoms with E-state index in [1.54, 1.807) is 0 Å². The van der Waals surface area contributed by atoms with Gasteiger partial charge in [-0.05, 0) is 39.3 Å². The summed E-state index contributed by atoms with van der Waals surface area (Å²) in [5.41, 5.74) is 4.25. The van der Waals surface area contributed by atoms with Crippen LogP contribution in [-0.2, 0) is 6.54 Å². The third-order valence-electron chi connectivity index (χ3n) is 2.82. The molecule has 2 rings (SSSR count). The first-order valence-corrected chi connectivity index (χ1v) is 5.84. The van der Waals surface area contributed by atoms with Crippen molar-refractivity contribution in [2.24, 2.45) is 0 Å². The molecule has 2 aromatic rings. The van der Waals surface area contributed by atoms with Crippen LogP contribution in [0.3, 0.4) is 0 Å². The van der Waals surface area contributed by atoms with Crippen molar-refractivity contribution in [2.45, 2.75) is 34.2 Å². The Hall–Kier alpha value is -1.84. The summed E-state index contributed by atoms with van der Waals surface area (Å²) >= 11 is 0. The molecule has 4 heteroatoms. The molecule has 0 amide bonds. The van der Waals surface area contributed by atoms with Crippen molar-refractivity contribution in [1.82, 2.24) is 14.5 Å². The quantitative estimate of drug-likeness (QED) is 0.881. The van der Waals surface area contributed by atoms with Gasteiger partial charge in [-0.3, -0.25) is 4.98 Å². The van der Waals surface area contributed by atoms with Crippen LogP contribution < -0.4 is 5.32 Å². The number of nitrogens with zero attached hydrogens (tertiary/aromatic N) is 3. The van der Waals surface area contributed by atoms with E-state index in [9.17, 15) is 0 Å². The molecule has 0 saturated heterocycles. The molecule has 0 aliphatic heterocycles. The standard InChI is InChI=1S/C13H18N4/c1-5-17-8-10(3)15-13(17)16-12-9(2)6-7-14-11(12)4/h6-8H,5H2,1-4H3,(H,15,16). The fraction of sp³-hybridized carbons (Fsp3) is 0.385. The maximum atomic E-state index is 4.48. The number of pyridine rings is 1. The van der Waals surface area contributed by atoms with Crippen LogP contribution in [0.1, 0.15) is 23.9 Å². The lowest BCUT2D eigenvalue weighted by Crippen LogP contribution is -2.04. The topological polar surface area (TPSA) is 42.7 Å². The smallest absolute Gasteiger partial charge is 0.207 e. The van der Waals surface area contributed by atoms with E-state index in [4.69, 9.17) is 0 Å². The summed E-state index contributed by atoms with van der Waals surface area (Å²) in [4.78, 5) is 8.78. The molecule has 0 spiro atoms. The number of hydrogen-bond acceptors (Lipinski definition) is 3. The molecule has 0 radical (unpaired) electrons. The monoisotopic (exact) mass is 230 g/mol. The van der Waals surface area contributed by atoms with Crippen molar-refractivity contribution in [1.29, 1.82) is 0 Å². The minimum Gasteiger partial charge on any atom is -0.324 e. The van der Waals surface area contributed by atoms with Gasteiger partial charge in [0.05, 0.1) is 17.1 Å². The van der Waals surface area contributed by atoms with Gasteiger partial charge in [0.25, 0.3) is 0 Å². The highest BCUT2D eigenvalue weighted by atomic mass is 15.2. The SMILES string of the molecule is CCn1cc(C)nc1Nc1c(C)ccnc1C. The number of rotatable bonds is 3. The van der Waals surface area contributed by atoms with E-state index in [0.717, 1.165) is 29.6 Å². The largest absolute Gasteiger partial charge is 0.324 e. The zero-order chi connectivity index (χ0) is 12.4. The summed E-state index contributed by atoms with van der Waals surface area (Å²) in [7, 11) is 0. The van der Waals surface area contributed by atoms with Gasteiger partial charge in [0.2, 0.25) is 5.95 Å². The molecule has 90 valence electrons. The Labute approximate surface area is 102 Å². The fourth-order valence-electron chi connectivity index (χ4n) is 1.88. The lowest BCUT2D eigenvalue weighted by Gasteiger charge is -2.12. The van der Waals surface area contributed by atoms with E-state index in [-0.39, 0.29) is 0 Å². The minimum atomic E-state index is 0.879. The lowest BCUT2D eigenvalue weighted by molar-refractivity contribution is 0.770. The highest BCUT2D eigenvalue weighted by molar-refractivity contribution is 5.61. The Morgan fingerprint density at radius 3 is 2.71 bits per heavy atom. The van der Waals surface area contributed by atoms with Gasteiger partial charge < -0.3 is 9.88 Å². The van der Waals surface area contributed by atoms with Gasteiger partial charge in [-0.1, -0.05) is 0 Å². The molecule has 17 heavy (non-hydrogen) atoms. The first-order valence-electron chi connectivity index (χ1n) is 5.84. The molecule has 0 aliphatic rings. The molecule has 2 heterocycles. The summed E-state index contributed by atoms with van der Waals surface area (Å²) in [6, 6.07) is 2.00. The highest BCUT2D eigenvalue weighted by Crippen LogP contribution is 2.22. The average Bonchev–Trinajstić information content (AvgIpc) is 2.64. The van der Waals surface area contributed by atoms with Crippen LogP contribution in [0, 0.1) is 20.8 Å². The number of aryl methyl sites for hydroxylation is 4. The van der Waals surface area contributed by atoms with Gasteiger partial charge in [0, 0.05) is 18.9 Å². The van der Waals surface area contributed by atoms with E-state index in [2.05, 4.69) is 33.7 Å². The molecule has 1 N–H and O–H groups in total. The molecule has 0 aromatic carbocycles. The second kappa shape index (κ2) is 4.57. The molecule has 0 aliphatic carbocycles. The zero-order valence-electron chi connectivity index (χ0n) is 10.8. The fourth-order valence-corrected chi connectivity index (χ4v) is 1.88. The third kappa shape index (κ3) is 2.30. The Morgan fingerprint density at radius 2 is 2.06 bits per heavy atom. The Kier molecular flexibility index (Phi) is 3.13. The van der Waals surface area contributed by atoms with Crippen LogP contribution in [0.25, 0.3) is 0 Å². The van der Waals surface area contributed by atoms with Gasteiger partial charge >= 0.3 is 0 Å². The minimum absolute atomic E-state index is 0.879. The predicted molar refractivity (Wildman–Crippen MR) is 69.6 cm³/mol. The van der Waals surface area contributed by atoms with E-state index in [1.807, 2.05) is 32.3 Å². The molecule has 4 nitrogen and oxygen atoms in total. The van der Waals surface area contributed by atoms with Gasteiger partial charge in [0.15, 0.2) is 0 Å². The van der Waals surface area contributed by atoms with Crippen molar-refractivity contribution in [3.63, 3.8) is 0 Å². The molecular weight excluding hydrogens is 212 g/mol. The van der Waals surface area contributed by atoms with Crippen molar-refractivity contribution in [2.75, 3.05) is 5.32 Å². The molecule has 0 fully saturated rings. The van der Waals surface area contributed by atoms with Crippen LogP contribution in [0.15, 0.2) is 18.5 Å². The van der Waals surface area contributed by atoms with E-state index >= 15 is 0 Å².